The van der Waals surface area contributed by atoms with Crippen LogP contribution in [0.15, 0.2) is 24.3 Å². The van der Waals surface area contributed by atoms with Gasteiger partial charge in [0.05, 0.1) is 6.04 Å². The molecule has 1 N–H and O–H groups in total. The molecule has 1 amide bonds. The Morgan fingerprint density at radius 2 is 1.85 bits per heavy atom. The van der Waals surface area contributed by atoms with E-state index in [1.807, 2.05) is 0 Å². The second-order valence-corrected chi connectivity index (χ2v) is 6.32. The minimum absolute atomic E-state index is 0.109. The van der Waals surface area contributed by atoms with Crippen molar-refractivity contribution in [1.82, 2.24) is 5.32 Å². The van der Waals surface area contributed by atoms with Crippen LogP contribution in [0.2, 0.25) is 0 Å². The molecule has 2 nitrogen and oxygen atoms in total. The van der Waals surface area contributed by atoms with Crippen molar-refractivity contribution in [2.24, 2.45) is 5.92 Å². The van der Waals surface area contributed by atoms with Gasteiger partial charge >= 0.3 is 0 Å². The first-order chi connectivity index (χ1) is 9.58. The Hall–Kier alpha value is -0.830. The van der Waals surface area contributed by atoms with Gasteiger partial charge in [-0.1, -0.05) is 61.0 Å². The molecule has 0 saturated heterocycles. The van der Waals surface area contributed by atoms with Gasteiger partial charge in [-0.05, 0) is 36.3 Å². The topological polar surface area (TPSA) is 29.1 Å². The van der Waals surface area contributed by atoms with Crippen molar-refractivity contribution in [3.63, 3.8) is 0 Å². The molecule has 1 unspecified atom stereocenters. The first-order valence-corrected chi connectivity index (χ1v) is 8.64. The Labute approximate surface area is 131 Å². The van der Waals surface area contributed by atoms with E-state index in [1.54, 1.807) is 0 Å². The number of aryl methyl sites for hydroxylation is 1. The average Bonchev–Trinajstić information content (AvgIpc) is 2.45. The smallest absolute Gasteiger partial charge is 0.220 e. The number of hydrogen-bond acceptors (Lipinski definition) is 1. The molecule has 0 heterocycles. The van der Waals surface area contributed by atoms with Crippen molar-refractivity contribution in [3.8, 4) is 0 Å². The van der Waals surface area contributed by atoms with Gasteiger partial charge in [-0.2, -0.15) is 0 Å². The fourth-order valence-electron chi connectivity index (χ4n) is 2.22. The summed E-state index contributed by atoms with van der Waals surface area (Å²) in [6.07, 6.45) is 3.65. The van der Waals surface area contributed by atoms with E-state index in [9.17, 15) is 4.79 Å². The number of unbranched alkanes of at least 4 members (excludes halogenated alkanes) is 1. The molecule has 1 aromatic rings. The van der Waals surface area contributed by atoms with Crippen molar-refractivity contribution in [2.75, 3.05) is 5.33 Å². The molecule has 0 saturated carbocycles. The van der Waals surface area contributed by atoms with E-state index in [0.29, 0.717) is 12.3 Å². The molecule has 20 heavy (non-hydrogen) atoms. The molecule has 0 aliphatic carbocycles. The highest BCUT2D eigenvalue weighted by Gasteiger charge is 2.17. The van der Waals surface area contributed by atoms with Crippen molar-refractivity contribution in [1.29, 1.82) is 0 Å². The van der Waals surface area contributed by atoms with Crippen LogP contribution in [0.4, 0.5) is 0 Å². The summed E-state index contributed by atoms with van der Waals surface area (Å²) in [5.41, 5.74) is 2.53. The van der Waals surface area contributed by atoms with E-state index in [4.69, 9.17) is 0 Å². The van der Waals surface area contributed by atoms with Crippen LogP contribution in [0.5, 0.6) is 0 Å². The van der Waals surface area contributed by atoms with E-state index in [2.05, 4.69) is 66.3 Å². The molecule has 1 atom stereocenters. The molecule has 112 valence electrons. The number of carbonyl (C=O) groups is 1. The van der Waals surface area contributed by atoms with Gasteiger partial charge in [0.1, 0.15) is 0 Å². The number of halogens is 1. The fourth-order valence-corrected chi connectivity index (χ4v) is 2.62. The summed E-state index contributed by atoms with van der Waals surface area (Å²) < 4.78 is 0. The molecule has 0 fully saturated rings. The lowest BCUT2D eigenvalue weighted by atomic mass is 9.94. The van der Waals surface area contributed by atoms with Gasteiger partial charge in [0.25, 0.3) is 0 Å². The lowest BCUT2D eigenvalue weighted by Gasteiger charge is -2.23. The highest BCUT2D eigenvalue weighted by molar-refractivity contribution is 9.09. The number of carbonyl (C=O) groups excluding carboxylic acids is 1. The SMILES string of the molecule is CCc1ccc(C(NC(=O)CCCCBr)C(C)C)cc1. The summed E-state index contributed by atoms with van der Waals surface area (Å²) in [5.74, 6) is 0.548. The molecule has 0 aliphatic rings. The van der Waals surface area contributed by atoms with Crippen molar-refractivity contribution < 1.29 is 4.79 Å². The summed E-state index contributed by atoms with van der Waals surface area (Å²) in [7, 11) is 0. The third kappa shape index (κ3) is 5.66. The Morgan fingerprint density at radius 3 is 2.35 bits per heavy atom. The summed E-state index contributed by atoms with van der Waals surface area (Å²) in [6.45, 7) is 6.45. The molecule has 0 aromatic heterocycles. The minimum atomic E-state index is 0.109. The maximum absolute atomic E-state index is 12.0. The maximum atomic E-state index is 12.0. The van der Waals surface area contributed by atoms with Gasteiger partial charge in [0.2, 0.25) is 5.91 Å². The molecule has 0 radical (unpaired) electrons. The van der Waals surface area contributed by atoms with Gasteiger partial charge in [-0.15, -0.1) is 0 Å². The number of hydrogen-bond donors (Lipinski definition) is 1. The van der Waals surface area contributed by atoms with Crippen molar-refractivity contribution >= 4 is 21.8 Å². The first-order valence-electron chi connectivity index (χ1n) is 7.52. The molecule has 0 spiro atoms. The molecule has 3 heteroatoms. The van der Waals surface area contributed by atoms with E-state index >= 15 is 0 Å². The van der Waals surface area contributed by atoms with Crippen LogP contribution in [-0.4, -0.2) is 11.2 Å². The Bertz CT molecular complexity index is 400. The lowest BCUT2D eigenvalue weighted by molar-refractivity contribution is -0.122. The molecule has 1 aromatic carbocycles. The van der Waals surface area contributed by atoms with E-state index < -0.39 is 0 Å². The summed E-state index contributed by atoms with van der Waals surface area (Å²) in [5, 5.41) is 4.14. The number of nitrogens with one attached hydrogen (secondary N) is 1. The molecule has 1 rings (SSSR count). The highest BCUT2D eigenvalue weighted by Crippen LogP contribution is 2.22. The second kappa shape index (κ2) is 9.17. The van der Waals surface area contributed by atoms with Crippen LogP contribution in [-0.2, 0) is 11.2 Å². The zero-order chi connectivity index (χ0) is 15.0. The van der Waals surface area contributed by atoms with E-state index in [-0.39, 0.29) is 11.9 Å². The number of benzene rings is 1. The lowest BCUT2D eigenvalue weighted by Crippen LogP contribution is -2.31. The average molecular weight is 340 g/mol. The van der Waals surface area contributed by atoms with E-state index in [1.165, 1.54) is 11.1 Å². The predicted octanol–water partition coefficient (Wildman–Crippen LogP) is 4.63. The Morgan fingerprint density at radius 1 is 1.20 bits per heavy atom. The zero-order valence-electron chi connectivity index (χ0n) is 12.8. The monoisotopic (exact) mass is 339 g/mol. The van der Waals surface area contributed by atoms with Gasteiger partial charge in [-0.3, -0.25) is 4.79 Å². The van der Waals surface area contributed by atoms with Crippen molar-refractivity contribution in [3.05, 3.63) is 35.4 Å². The summed E-state index contributed by atoms with van der Waals surface area (Å²) in [6, 6.07) is 8.70. The van der Waals surface area contributed by atoms with Gasteiger partial charge < -0.3 is 5.32 Å². The number of rotatable bonds is 8. The van der Waals surface area contributed by atoms with Gasteiger partial charge in [0, 0.05) is 11.8 Å². The maximum Gasteiger partial charge on any atom is 0.220 e. The first kappa shape index (κ1) is 17.2. The standard InChI is InChI=1S/C17H26BrNO/c1-4-14-8-10-15(11-9-14)17(13(2)3)19-16(20)7-5-6-12-18/h8-11,13,17H,4-7,12H2,1-3H3,(H,19,20). The van der Waals surface area contributed by atoms with Crippen LogP contribution in [0, 0.1) is 5.92 Å². The highest BCUT2D eigenvalue weighted by atomic mass is 79.9. The van der Waals surface area contributed by atoms with Gasteiger partial charge in [-0.25, -0.2) is 0 Å². The van der Waals surface area contributed by atoms with Crippen LogP contribution < -0.4 is 5.32 Å². The normalized spacial score (nSPS) is 12.4. The Balaban J connectivity index is 2.65. The third-order valence-electron chi connectivity index (χ3n) is 3.52. The number of amides is 1. The quantitative estimate of drug-likeness (QED) is 0.543. The number of alkyl halides is 1. The predicted molar refractivity (Wildman–Crippen MR) is 89.2 cm³/mol. The largest absolute Gasteiger partial charge is 0.349 e. The molecule has 0 aliphatic heterocycles. The molecular weight excluding hydrogens is 314 g/mol. The van der Waals surface area contributed by atoms with Crippen LogP contribution in [0.1, 0.15) is 57.2 Å². The zero-order valence-corrected chi connectivity index (χ0v) is 14.4. The summed E-state index contributed by atoms with van der Waals surface area (Å²) >= 11 is 3.39. The summed E-state index contributed by atoms with van der Waals surface area (Å²) in [4.78, 5) is 12.0. The van der Waals surface area contributed by atoms with Crippen LogP contribution in [0.3, 0.4) is 0 Å². The van der Waals surface area contributed by atoms with Gasteiger partial charge in [0.15, 0.2) is 0 Å². The van der Waals surface area contributed by atoms with Crippen LogP contribution in [0.25, 0.3) is 0 Å². The molecular formula is C17H26BrNO. The molecule has 0 bridgehead atoms. The minimum Gasteiger partial charge on any atom is -0.349 e. The van der Waals surface area contributed by atoms with Crippen molar-refractivity contribution in [2.45, 2.75) is 52.5 Å². The fraction of sp³-hybridized carbons (Fsp3) is 0.588. The van der Waals surface area contributed by atoms with E-state index in [0.717, 1.165) is 24.6 Å². The Kier molecular flexibility index (Phi) is 7.90. The third-order valence-corrected chi connectivity index (χ3v) is 4.08. The second-order valence-electron chi connectivity index (χ2n) is 5.53. The van der Waals surface area contributed by atoms with Crippen LogP contribution >= 0.6 is 15.9 Å².